The van der Waals surface area contributed by atoms with Gasteiger partial charge in [0.25, 0.3) is 10.0 Å². The van der Waals surface area contributed by atoms with Crippen LogP contribution in [0.3, 0.4) is 0 Å². The first kappa shape index (κ1) is 13.5. The number of para-hydroxylation sites is 2. The maximum Gasteiger partial charge on any atom is 0.261 e. The van der Waals surface area contributed by atoms with Crippen LogP contribution < -0.4 is 4.72 Å². The summed E-state index contributed by atoms with van der Waals surface area (Å²) in [4.78, 5) is 0.243. The molecule has 2 aromatic carbocycles. The highest BCUT2D eigenvalue weighted by Crippen LogP contribution is 2.23. The van der Waals surface area contributed by atoms with Crippen molar-refractivity contribution in [1.82, 2.24) is 4.57 Å². The number of rotatable bonds is 4. The molecular formula is C16H14N2O2S. The van der Waals surface area contributed by atoms with Gasteiger partial charge in [-0.25, -0.2) is 8.42 Å². The smallest absolute Gasteiger partial charge is 0.261 e. The molecule has 1 N–H and O–H groups in total. The topological polar surface area (TPSA) is 51.1 Å². The first-order valence-electron chi connectivity index (χ1n) is 6.47. The fourth-order valence-electron chi connectivity index (χ4n) is 2.08. The number of hydrogen-bond acceptors (Lipinski definition) is 2. The molecule has 0 saturated carbocycles. The van der Waals surface area contributed by atoms with E-state index in [4.69, 9.17) is 0 Å². The lowest BCUT2D eigenvalue weighted by Crippen LogP contribution is -2.14. The monoisotopic (exact) mass is 298 g/mol. The summed E-state index contributed by atoms with van der Waals surface area (Å²) >= 11 is 0. The molecule has 4 nitrogen and oxygen atoms in total. The molecule has 0 aliphatic carbocycles. The Balaban J connectivity index is 2.00. The van der Waals surface area contributed by atoms with Crippen LogP contribution in [0.5, 0.6) is 0 Å². The molecule has 1 heterocycles. The minimum atomic E-state index is -3.59. The van der Waals surface area contributed by atoms with Gasteiger partial charge in [-0.05, 0) is 36.4 Å². The Morgan fingerprint density at radius 2 is 1.38 bits per heavy atom. The normalized spacial score (nSPS) is 11.2. The average molecular weight is 298 g/mol. The van der Waals surface area contributed by atoms with E-state index in [-0.39, 0.29) is 4.90 Å². The van der Waals surface area contributed by atoms with E-state index in [9.17, 15) is 8.42 Å². The predicted octanol–water partition coefficient (Wildman–Crippen LogP) is 3.28. The zero-order valence-electron chi connectivity index (χ0n) is 11.2. The third kappa shape index (κ3) is 2.83. The summed E-state index contributed by atoms with van der Waals surface area (Å²) < 4.78 is 29.3. The SMILES string of the molecule is O=S(=O)(Nc1ccccc1-n1cccc1)c1ccccc1. The lowest BCUT2D eigenvalue weighted by Gasteiger charge is -2.13. The first-order valence-corrected chi connectivity index (χ1v) is 7.95. The van der Waals surface area contributed by atoms with E-state index in [1.165, 1.54) is 0 Å². The molecule has 0 spiro atoms. The van der Waals surface area contributed by atoms with E-state index < -0.39 is 10.0 Å². The van der Waals surface area contributed by atoms with E-state index in [0.29, 0.717) is 5.69 Å². The van der Waals surface area contributed by atoms with Crippen LogP contribution in [0.1, 0.15) is 0 Å². The highest BCUT2D eigenvalue weighted by Gasteiger charge is 2.15. The molecule has 5 heteroatoms. The Morgan fingerprint density at radius 3 is 2.10 bits per heavy atom. The van der Waals surface area contributed by atoms with Crippen molar-refractivity contribution in [2.75, 3.05) is 4.72 Å². The third-order valence-electron chi connectivity index (χ3n) is 3.08. The Labute approximate surface area is 123 Å². The van der Waals surface area contributed by atoms with Gasteiger partial charge in [0.15, 0.2) is 0 Å². The van der Waals surface area contributed by atoms with Gasteiger partial charge in [-0.2, -0.15) is 0 Å². The van der Waals surface area contributed by atoms with Crippen molar-refractivity contribution in [3.8, 4) is 5.69 Å². The number of sulfonamides is 1. The van der Waals surface area contributed by atoms with Gasteiger partial charge in [-0.1, -0.05) is 30.3 Å². The lowest BCUT2D eigenvalue weighted by molar-refractivity contribution is 0.601. The van der Waals surface area contributed by atoms with E-state index in [0.717, 1.165) is 5.69 Å². The van der Waals surface area contributed by atoms with Crippen LogP contribution in [0, 0.1) is 0 Å². The maximum absolute atomic E-state index is 12.4. The number of anilines is 1. The van der Waals surface area contributed by atoms with E-state index >= 15 is 0 Å². The maximum atomic E-state index is 12.4. The molecule has 0 saturated heterocycles. The van der Waals surface area contributed by atoms with Crippen LogP contribution >= 0.6 is 0 Å². The molecule has 3 aromatic rings. The van der Waals surface area contributed by atoms with Gasteiger partial charge in [-0.15, -0.1) is 0 Å². The van der Waals surface area contributed by atoms with Gasteiger partial charge in [0.1, 0.15) is 0 Å². The Hall–Kier alpha value is -2.53. The van der Waals surface area contributed by atoms with Crippen LogP contribution in [-0.4, -0.2) is 13.0 Å². The van der Waals surface area contributed by atoms with Gasteiger partial charge in [0.05, 0.1) is 16.3 Å². The van der Waals surface area contributed by atoms with Crippen LogP contribution in [0.25, 0.3) is 5.69 Å². The number of nitrogens with one attached hydrogen (secondary N) is 1. The quantitative estimate of drug-likeness (QED) is 0.803. The summed E-state index contributed by atoms with van der Waals surface area (Å²) in [6, 6.07) is 19.4. The van der Waals surface area contributed by atoms with Gasteiger partial charge in [0.2, 0.25) is 0 Å². The fourth-order valence-corrected chi connectivity index (χ4v) is 3.18. The van der Waals surface area contributed by atoms with Crippen LogP contribution in [0.2, 0.25) is 0 Å². The molecule has 0 unspecified atom stereocenters. The van der Waals surface area contributed by atoms with Crippen LogP contribution in [0.4, 0.5) is 5.69 Å². The molecule has 0 bridgehead atoms. The Bertz CT molecular complexity index is 826. The lowest BCUT2D eigenvalue weighted by atomic mass is 10.3. The number of nitrogens with zero attached hydrogens (tertiary/aromatic N) is 1. The van der Waals surface area contributed by atoms with Crippen molar-refractivity contribution in [2.24, 2.45) is 0 Å². The molecular weight excluding hydrogens is 284 g/mol. The summed E-state index contributed by atoms with van der Waals surface area (Å²) in [5.41, 5.74) is 1.32. The predicted molar refractivity (Wildman–Crippen MR) is 83.0 cm³/mol. The van der Waals surface area contributed by atoms with Crippen LogP contribution in [-0.2, 0) is 10.0 Å². The van der Waals surface area contributed by atoms with Crippen molar-refractivity contribution < 1.29 is 8.42 Å². The zero-order chi connectivity index (χ0) is 14.7. The summed E-state index contributed by atoms with van der Waals surface area (Å²) in [5, 5.41) is 0. The summed E-state index contributed by atoms with van der Waals surface area (Å²) in [7, 11) is -3.59. The molecule has 1 aromatic heterocycles. The van der Waals surface area contributed by atoms with E-state index in [1.807, 2.05) is 41.2 Å². The van der Waals surface area contributed by atoms with E-state index in [2.05, 4.69) is 4.72 Å². The minimum Gasteiger partial charge on any atom is -0.322 e. The number of hydrogen-bond donors (Lipinski definition) is 1. The molecule has 106 valence electrons. The van der Waals surface area contributed by atoms with Crippen molar-refractivity contribution in [3.63, 3.8) is 0 Å². The minimum absolute atomic E-state index is 0.243. The number of benzene rings is 2. The molecule has 0 amide bonds. The molecule has 0 aliphatic rings. The Morgan fingerprint density at radius 1 is 0.762 bits per heavy atom. The van der Waals surface area contributed by atoms with Crippen molar-refractivity contribution in [2.45, 2.75) is 4.90 Å². The second-order valence-electron chi connectivity index (χ2n) is 4.53. The second kappa shape index (κ2) is 5.46. The van der Waals surface area contributed by atoms with Gasteiger partial charge in [-0.3, -0.25) is 4.72 Å². The molecule has 0 radical (unpaired) electrons. The molecule has 0 fully saturated rings. The van der Waals surface area contributed by atoms with Gasteiger partial charge < -0.3 is 4.57 Å². The van der Waals surface area contributed by atoms with Gasteiger partial charge in [0, 0.05) is 12.4 Å². The van der Waals surface area contributed by atoms with E-state index in [1.54, 1.807) is 42.5 Å². The summed E-state index contributed by atoms with van der Waals surface area (Å²) in [6.45, 7) is 0. The zero-order valence-corrected chi connectivity index (χ0v) is 12.0. The molecule has 21 heavy (non-hydrogen) atoms. The van der Waals surface area contributed by atoms with Crippen LogP contribution in [0.15, 0.2) is 84.0 Å². The Kier molecular flexibility index (Phi) is 3.50. The van der Waals surface area contributed by atoms with Crippen molar-refractivity contribution in [3.05, 3.63) is 79.1 Å². The molecule has 3 rings (SSSR count). The molecule has 0 aliphatic heterocycles. The average Bonchev–Trinajstić information content (AvgIpc) is 3.02. The fraction of sp³-hybridized carbons (Fsp3) is 0. The largest absolute Gasteiger partial charge is 0.322 e. The number of aromatic nitrogens is 1. The second-order valence-corrected chi connectivity index (χ2v) is 6.21. The molecule has 0 atom stereocenters. The highest BCUT2D eigenvalue weighted by molar-refractivity contribution is 7.92. The first-order chi connectivity index (χ1) is 10.2. The highest BCUT2D eigenvalue weighted by atomic mass is 32.2. The standard InChI is InChI=1S/C16H14N2O2S/c19-21(20,14-8-2-1-3-9-14)17-15-10-4-5-11-16(15)18-12-6-7-13-18/h1-13,17H. The summed E-state index contributed by atoms with van der Waals surface area (Å²) in [5.74, 6) is 0. The van der Waals surface area contributed by atoms with Crippen molar-refractivity contribution >= 4 is 15.7 Å². The van der Waals surface area contributed by atoms with Gasteiger partial charge >= 0.3 is 0 Å². The summed E-state index contributed by atoms with van der Waals surface area (Å²) in [6.07, 6.45) is 3.74. The third-order valence-corrected chi connectivity index (χ3v) is 4.47. The van der Waals surface area contributed by atoms with Crippen molar-refractivity contribution in [1.29, 1.82) is 0 Å².